The lowest BCUT2D eigenvalue weighted by molar-refractivity contribution is -0.120. The minimum atomic E-state index is -0.336. The minimum Gasteiger partial charge on any atom is -0.497 e. The summed E-state index contributed by atoms with van der Waals surface area (Å²) < 4.78 is 10.8. The summed E-state index contributed by atoms with van der Waals surface area (Å²) in [5.41, 5.74) is 4.17. The van der Waals surface area contributed by atoms with Crippen molar-refractivity contribution in [2.45, 2.75) is 19.8 Å². The van der Waals surface area contributed by atoms with E-state index in [1.54, 1.807) is 43.5 Å². The van der Waals surface area contributed by atoms with Crippen LogP contribution in [-0.2, 0) is 16.0 Å². The molecule has 2 aliphatic rings. The van der Waals surface area contributed by atoms with Crippen molar-refractivity contribution < 1.29 is 19.1 Å². The largest absolute Gasteiger partial charge is 0.497 e. The number of anilines is 2. The Morgan fingerprint density at radius 1 is 0.853 bits per heavy atom. The smallest absolute Gasteiger partial charge is 0.282 e. The maximum atomic E-state index is 13.9. The van der Waals surface area contributed by atoms with Crippen molar-refractivity contribution in [3.05, 3.63) is 89.6 Å². The van der Waals surface area contributed by atoms with E-state index in [9.17, 15) is 9.59 Å². The van der Waals surface area contributed by atoms with Gasteiger partial charge in [-0.1, -0.05) is 30.3 Å². The molecule has 0 bridgehead atoms. The van der Waals surface area contributed by atoms with Gasteiger partial charge in [0.15, 0.2) is 0 Å². The molecule has 0 saturated heterocycles. The van der Waals surface area contributed by atoms with Crippen LogP contribution < -0.4 is 19.3 Å². The van der Waals surface area contributed by atoms with Gasteiger partial charge in [-0.3, -0.25) is 9.59 Å². The molecule has 0 aliphatic carbocycles. The van der Waals surface area contributed by atoms with Crippen molar-refractivity contribution in [1.29, 1.82) is 0 Å². The Kier molecular flexibility index (Phi) is 5.80. The Labute approximate surface area is 199 Å². The average molecular weight is 455 g/mol. The second kappa shape index (κ2) is 9.06. The van der Waals surface area contributed by atoms with Gasteiger partial charge in [0.1, 0.15) is 17.2 Å². The standard InChI is InChI=1S/C28H26N2O4/c1-3-34-23-16-12-21(13-17-23)30-27(31)25(20-10-14-22(33-2)15-11-20)26(28(30)32)29-18-6-8-19-7-4-5-9-24(19)29/h4-5,7,9-17H,3,6,8,18H2,1-2H3. The van der Waals surface area contributed by atoms with E-state index in [0.29, 0.717) is 47.2 Å². The lowest BCUT2D eigenvalue weighted by Gasteiger charge is -2.32. The fourth-order valence-electron chi connectivity index (χ4n) is 4.64. The van der Waals surface area contributed by atoms with E-state index in [-0.39, 0.29) is 11.8 Å². The van der Waals surface area contributed by atoms with Crippen LogP contribution in [0.3, 0.4) is 0 Å². The number of carbonyl (C=O) groups is 2. The predicted octanol–water partition coefficient (Wildman–Crippen LogP) is 4.83. The van der Waals surface area contributed by atoms with Crippen LogP contribution in [-0.4, -0.2) is 32.1 Å². The summed E-state index contributed by atoms with van der Waals surface area (Å²) >= 11 is 0. The number of hydrogen-bond donors (Lipinski definition) is 0. The van der Waals surface area contributed by atoms with Crippen LogP contribution in [0.1, 0.15) is 24.5 Å². The normalized spacial score (nSPS) is 15.6. The van der Waals surface area contributed by atoms with Crippen molar-refractivity contribution in [2.75, 3.05) is 30.1 Å². The summed E-state index contributed by atoms with van der Waals surface area (Å²) in [6.45, 7) is 3.12. The Bertz CT molecular complexity index is 1260. The number of ether oxygens (including phenoxy) is 2. The van der Waals surface area contributed by atoms with Crippen LogP contribution in [0.4, 0.5) is 11.4 Å². The molecule has 2 amide bonds. The van der Waals surface area contributed by atoms with E-state index in [0.717, 1.165) is 18.5 Å². The first-order valence-electron chi connectivity index (χ1n) is 11.5. The van der Waals surface area contributed by atoms with E-state index in [1.165, 1.54) is 10.5 Å². The molecule has 3 aromatic carbocycles. The van der Waals surface area contributed by atoms with Gasteiger partial charge < -0.3 is 14.4 Å². The SMILES string of the molecule is CCOc1ccc(N2C(=O)C(c3ccc(OC)cc3)=C(N3CCCc4ccccc43)C2=O)cc1. The third-order valence-corrected chi connectivity index (χ3v) is 6.22. The Balaban J connectivity index is 1.63. The van der Waals surface area contributed by atoms with Crippen molar-refractivity contribution in [2.24, 2.45) is 0 Å². The van der Waals surface area contributed by atoms with Crippen molar-refractivity contribution in [3.8, 4) is 11.5 Å². The number of benzene rings is 3. The Morgan fingerprint density at radius 3 is 2.26 bits per heavy atom. The van der Waals surface area contributed by atoms with Crippen molar-refractivity contribution in [3.63, 3.8) is 0 Å². The van der Waals surface area contributed by atoms with Gasteiger partial charge in [0.25, 0.3) is 11.8 Å². The Hall–Kier alpha value is -4.06. The zero-order valence-electron chi connectivity index (χ0n) is 19.3. The van der Waals surface area contributed by atoms with Crippen LogP contribution in [0.2, 0.25) is 0 Å². The number of aryl methyl sites for hydroxylation is 1. The molecular weight excluding hydrogens is 428 g/mol. The zero-order valence-corrected chi connectivity index (χ0v) is 19.3. The zero-order chi connectivity index (χ0) is 23.7. The maximum Gasteiger partial charge on any atom is 0.282 e. The molecule has 6 nitrogen and oxygen atoms in total. The average Bonchev–Trinajstić information content (AvgIpc) is 3.14. The number of hydrogen-bond acceptors (Lipinski definition) is 5. The summed E-state index contributed by atoms with van der Waals surface area (Å²) in [5.74, 6) is 0.724. The third-order valence-electron chi connectivity index (χ3n) is 6.22. The molecular formula is C28H26N2O4. The number of fused-ring (bicyclic) bond motifs is 1. The summed E-state index contributed by atoms with van der Waals surface area (Å²) in [4.78, 5) is 31.0. The van der Waals surface area contributed by atoms with Gasteiger partial charge >= 0.3 is 0 Å². The first-order valence-corrected chi connectivity index (χ1v) is 11.5. The second-order valence-corrected chi connectivity index (χ2v) is 8.21. The Morgan fingerprint density at radius 2 is 1.56 bits per heavy atom. The van der Waals surface area contributed by atoms with Gasteiger partial charge in [0.05, 0.1) is 25.0 Å². The monoisotopic (exact) mass is 454 g/mol. The molecule has 3 aromatic rings. The van der Waals surface area contributed by atoms with Crippen LogP contribution in [0.25, 0.3) is 5.57 Å². The molecule has 0 atom stereocenters. The molecule has 0 aromatic heterocycles. The molecule has 0 spiro atoms. The highest BCUT2D eigenvalue weighted by molar-refractivity contribution is 6.46. The van der Waals surface area contributed by atoms with Crippen molar-refractivity contribution >= 4 is 28.8 Å². The molecule has 2 aliphatic heterocycles. The van der Waals surface area contributed by atoms with E-state index in [2.05, 4.69) is 6.07 Å². The van der Waals surface area contributed by atoms with Gasteiger partial charge in [0.2, 0.25) is 0 Å². The predicted molar refractivity (Wildman–Crippen MR) is 132 cm³/mol. The summed E-state index contributed by atoms with van der Waals surface area (Å²) in [7, 11) is 1.60. The van der Waals surface area contributed by atoms with Crippen LogP contribution in [0.5, 0.6) is 11.5 Å². The number of carbonyl (C=O) groups excluding carboxylic acids is 2. The third kappa shape index (κ3) is 3.71. The fourth-order valence-corrected chi connectivity index (χ4v) is 4.64. The summed E-state index contributed by atoms with van der Waals surface area (Å²) in [6, 6.07) is 22.4. The van der Waals surface area contributed by atoms with Gasteiger partial charge in [-0.05, 0) is 73.4 Å². The molecule has 0 radical (unpaired) electrons. The quantitative estimate of drug-likeness (QED) is 0.500. The van der Waals surface area contributed by atoms with E-state index < -0.39 is 0 Å². The number of para-hydroxylation sites is 1. The van der Waals surface area contributed by atoms with Gasteiger partial charge in [-0.25, -0.2) is 4.90 Å². The molecule has 0 unspecified atom stereocenters. The molecule has 0 N–H and O–H groups in total. The number of amides is 2. The fraction of sp³-hybridized carbons (Fsp3) is 0.214. The summed E-state index contributed by atoms with van der Waals surface area (Å²) in [6.07, 6.45) is 1.85. The molecule has 6 heteroatoms. The van der Waals surface area contributed by atoms with Crippen LogP contribution >= 0.6 is 0 Å². The number of methoxy groups -OCH3 is 1. The van der Waals surface area contributed by atoms with Crippen molar-refractivity contribution in [1.82, 2.24) is 0 Å². The van der Waals surface area contributed by atoms with Crippen LogP contribution in [0.15, 0.2) is 78.5 Å². The van der Waals surface area contributed by atoms with E-state index in [1.807, 2.05) is 42.2 Å². The second-order valence-electron chi connectivity index (χ2n) is 8.21. The number of imide groups is 1. The highest BCUT2D eigenvalue weighted by Crippen LogP contribution is 2.40. The number of nitrogens with zero attached hydrogens (tertiary/aromatic N) is 2. The maximum absolute atomic E-state index is 13.9. The highest BCUT2D eigenvalue weighted by atomic mass is 16.5. The molecule has 0 saturated carbocycles. The van der Waals surface area contributed by atoms with E-state index in [4.69, 9.17) is 9.47 Å². The van der Waals surface area contributed by atoms with Gasteiger partial charge in [0, 0.05) is 12.2 Å². The van der Waals surface area contributed by atoms with Gasteiger partial charge in [-0.15, -0.1) is 0 Å². The molecule has 5 rings (SSSR count). The number of rotatable bonds is 6. The van der Waals surface area contributed by atoms with Crippen LogP contribution in [0, 0.1) is 0 Å². The molecule has 0 fully saturated rings. The molecule has 2 heterocycles. The van der Waals surface area contributed by atoms with E-state index >= 15 is 0 Å². The molecule has 34 heavy (non-hydrogen) atoms. The molecule has 172 valence electrons. The topological polar surface area (TPSA) is 59.1 Å². The first-order chi connectivity index (χ1) is 16.6. The van der Waals surface area contributed by atoms with Gasteiger partial charge in [-0.2, -0.15) is 0 Å². The lowest BCUT2D eigenvalue weighted by atomic mass is 9.98. The first kappa shape index (κ1) is 21.8. The summed E-state index contributed by atoms with van der Waals surface area (Å²) in [5, 5.41) is 0. The minimum absolute atomic E-state index is 0.323. The lowest BCUT2D eigenvalue weighted by Crippen LogP contribution is -2.37. The highest BCUT2D eigenvalue weighted by Gasteiger charge is 2.43.